The van der Waals surface area contributed by atoms with E-state index in [0.717, 1.165) is 5.56 Å². The second-order valence-electron chi connectivity index (χ2n) is 4.03. The van der Waals surface area contributed by atoms with Crippen molar-refractivity contribution >= 4 is 11.8 Å². The molecule has 0 heterocycles. The van der Waals surface area contributed by atoms with Crippen LogP contribution >= 0.6 is 0 Å². The number of ketones is 1. The third-order valence-electron chi connectivity index (χ3n) is 2.95. The van der Waals surface area contributed by atoms with Gasteiger partial charge in [-0.25, -0.2) is 0 Å². The molecule has 0 aliphatic heterocycles. The lowest BCUT2D eigenvalue weighted by Crippen LogP contribution is -2.23. The predicted molar refractivity (Wildman–Crippen MR) is 65.7 cm³/mol. The summed E-state index contributed by atoms with van der Waals surface area (Å²) in [5, 5.41) is 0. The molecule has 0 aromatic heterocycles. The van der Waals surface area contributed by atoms with Crippen LogP contribution in [-0.4, -0.2) is 25.5 Å². The third-order valence-corrected chi connectivity index (χ3v) is 2.95. The van der Waals surface area contributed by atoms with Gasteiger partial charge in [-0.05, 0) is 18.1 Å². The van der Waals surface area contributed by atoms with E-state index in [4.69, 9.17) is 9.47 Å². The van der Waals surface area contributed by atoms with E-state index in [2.05, 4.69) is 6.58 Å². The summed E-state index contributed by atoms with van der Waals surface area (Å²) in [4.78, 5) is 23.9. The highest BCUT2D eigenvalue weighted by Crippen LogP contribution is 2.34. The molecule has 18 heavy (non-hydrogen) atoms. The van der Waals surface area contributed by atoms with Crippen molar-refractivity contribution in [2.24, 2.45) is 5.92 Å². The average molecular weight is 246 g/mol. The van der Waals surface area contributed by atoms with E-state index in [1.54, 1.807) is 6.07 Å². The molecule has 0 amide bonds. The zero-order valence-corrected chi connectivity index (χ0v) is 10.1. The Kier molecular flexibility index (Phi) is 3.46. The molecule has 1 aliphatic rings. The first kappa shape index (κ1) is 12.4. The monoisotopic (exact) mass is 246 g/mol. The highest BCUT2D eigenvalue weighted by atomic mass is 16.5. The van der Waals surface area contributed by atoms with Crippen LogP contribution in [0.3, 0.4) is 0 Å². The number of carbonyl (C=O) groups is 2. The number of hydrogen-bond acceptors (Lipinski definition) is 4. The summed E-state index contributed by atoms with van der Waals surface area (Å²) in [7, 11) is 1.51. The number of fused-ring (bicyclic) bond motifs is 1. The fraction of sp³-hybridized carbons (Fsp3) is 0.286. The van der Waals surface area contributed by atoms with Crippen LogP contribution in [0, 0.1) is 5.92 Å². The molecule has 0 radical (unpaired) electrons. The second-order valence-corrected chi connectivity index (χ2v) is 4.03. The largest absolute Gasteiger partial charge is 0.496 e. The van der Waals surface area contributed by atoms with Crippen molar-refractivity contribution in [2.75, 3.05) is 13.7 Å². The fourth-order valence-corrected chi connectivity index (χ4v) is 2.12. The third kappa shape index (κ3) is 2.01. The fourth-order valence-electron chi connectivity index (χ4n) is 2.12. The number of carbonyl (C=O) groups excluding carboxylic acids is 2. The van der Waals surface area contributed by atoms with Gasteiger partial charge < -0.3 is 9.47 Å². The molecule has 0 fully saturated rings. The van der Waals surface area contributed by atoms with E-state index in [9.17, 15) is 9.59 Å². The van der Waals surface area contributed by atoms with Crippen molar-refractivity contribution in [1.29, 1.82) is 0 Å². The Hall–Kier alpha value is -2.10. The molecule has 0 bridgehead atoms. The van der Waals surface area contributed by atoms with Gasteiger partial charge in [0.1, 0.15) is 18.3 Å². The molecular weight excluding hydrogens is 232 g/mol. The Morgan fingerprint density at radius 3 is 3.00 bits per heavy atom. The van der Waals surface area contributed by atoms with Gasteiger partial charge in [0.15, 0.2) is 5.78 Å². The molecular formula is C14H14O4. The van der Waals surface area contributed by atoms with Crippen LogP contribution < -0.4 is 4.74 Å². The van der Waals surface area contributed by atoms with E-state index in [-0.39, 0.29) is 12.4 Å². The van der Waals surface area contributed by atoms with E-state index in [0.29, 0.717) is 17.7 Å². The van der Waals surface area contributed by atoms with Gasteiger partial charge in [-0.15, -0.1) is 0 Å². The van der Waals surface area contributed by atoms with E-state index >= 15 is 0 Å². The first-order valence-electron chi connectivity index (χ1n) is 5.66. The number of methoxy groups -OCH3 is 1. The smallest absolute Gasteiger partial charge is 0.317 e. The normalized spacial score (nSPS) is 17.2. The SMILES string of the molecule is C=CCOC(=O)C1Cc2cccc(OC)c2C1=O. The van der Waals surface area contributed by atoms with Crippen molar-refractivity contribution in [3.05, 3.63) is 42.0 Å². The molecule has 4 nitrogen and oxygen atoms in total. The molecule has 1 unspecified atom stereocenters. The van der Waals surface area contributed by atoms with Crippen molar-refractivity contribution in [3.63, 3.8) is 0 Å². The summed E-state index contributed by atoms with van der Waals surface area (Å²) in [5.74, 6) is -0.970. The van der Waals surface area contributed by atoms with Crippen LogP contribution in [0.4, 0.5) is 0 Å². The Balaban J connectivity index is 2.25. The van der Waals surface area contributed by atoms with E-state index < -0.39 is 11.9 Å². The topological polar surface area (TPSA) is 52.6 Å². The molecule has 4 heteroatoms. The molecule has 1 aromatic rings. The number of rotatable bonds is 4. The highest BCUT2D eigenvalue weighted by molar-refractivity contribution is 6.13. The second kappa shape index (κ2) is 5.04. The van der Waals surface area contributed by atoms with Crippen LogP contribution in [0.5, 0.6) is 5.75 Å². The predicted octanol–water partition coefficient (Wildman–Crippen LogP) is 1.78. The summed E-state index contributed by atoms with van der Waals surface area (Å²) in [5.41, 5.74) is 1.33. The molecule has 0 spiro atoms. The Morgan fingerprint density at radius 2 is 2.33 bits per heavy atom. The number of esters is 1. The number of Topliss-reactive ketones (excluding diaryl/α,β-unsaturated/α-hetero) is 1. The van der Waals surface area contributed by atoms with Crippen molar-refractivity contribution < 1.29 is 19.1 Å². The lowest BCUT2D eigenvalue weighted by atomic mass is 10.1. The minimum atomic E-state index is -0.753. The molecule has 2 rings (SSSR count). The van der Waals surface area contributed by atoms with E-state index in [1.807, 2.05) is 12.1 Å². The minimum absolute atomic E-state index is 0.121. The summed E-state index contributed by atoms with van der Waals surface area (Å²) >= 11 is 0. The molecule has 0 N–H and O–H groups in total. The summed E-state index contributed by atoms with van der Waals surface area (Å²) in [6.07, 6.45) is 1.85. The Morgan fingerprint density at radius 1 is 1.56 bits per heavy atom. The van der Waals surface area contributed by atoms with Crippen molar-refractivity contribution in [1.82, 2.24) is 0 Å². The summed E-state index contributed by atoms with van der Waals surface area (Å²) < 4.78 is 10.1. The standard InChI is InChI=1S/C14H14O4/c1-3-7-18-14(16)10-8-9-5-4-6-11(17-2)12(9)13(10)15/h3-6,10H,1,7-8H2,2H3. The quantitative estimate of drug-likeness (QED) is 0.461. The molecule has 1 aliphatic carbocycles. The Bertz CT molecular complexity index is 505. The van der Waals surface area contributed by atoms with Gasteiger partial charge in [0, 0.05) is 0 Å². The van der Waals surface area contributed by atoms with Gasteiger partial charge >= 0.3 is 5.97 Å². The van der Waals surface area contributed by atoms with Gasteiger partial charge in [0.05, 0.1) is 12.7 Å². The molecule has 0 saturated heterocycles. The van der Waals surface area contributed by atoms with Gasteiger partial charge in [-0.1, -0.05) is 24.8 Å². The first-order chi connectivity index (χ1) is 8.69. The number of ether oxygens (including phenoxy) is 2. The first-order valence-corrected chi connectivity index (χ1v) is 5.66. The van der Waals surface area contributed by atoms with Crippen molar-refractivity contribution in [3.8, 4) is 5.75 Å². The van der Waals surface area contributed by atoms with Crippen LogP contribution in [0.15, 0.2) is 30.9 Å². The van der Waals surface area contributed by atoms with Gasteiger partial charge in [0.2, 0.25) is 0 Å². The van der Waals surface area contributed by atoms with Crippen LogP contribution in [-0.2, 0) is 16.0 Å². The molecule has 1 atom stereocenters. The van der Waals surface area contributed by atoms with Crippen LogP contribution in [0.25, 0.3) is 0 Å². The molecule has 0 saturated carbocycles. The summed E-state index contributed by atoms with van der Waals surface area (Å²) in [6.45, 7) is 3.58. The maximum Gasteiger partial charge on any atom is 0.317 e. The minimum Gasteiger partial charge on any atom is -0.496 e. The molecule has 94 valence electrons. The number of benzene rings is 1. The lowest BCUT2D eigenvalue weighted by molar-refractivity contribution is -0.145. The zero-order valence-electron chi connectivity index (χ0n) is 10.1. The van der Waals surface area contributed by atoms with E-state index in [1.165, 1.54) is 13.2 Å². The highest BCUT2D eigenvalue weighted by Gasteiger charge is 2.38. The maximum atomic E-state index is 12.2. The van der Waals surface area contributed by atoms with Crippen molar-refractivity contribution in [2.45, 2.75) is 6.42 Å². The lowest BCUT2D eigenvalue weighted by Gasteiger charge is -2.07. The Labute approximate surface area is 105 Å². The van der Waals surface area contributed by atoms with Crippen LogP contribution in [0.1, 0.15) is 15.9 Å². The van der Waals surface area contributed by atoms with Gasteiger partial charge in [-0.3, -0.25) is 9.59 Å². The van der Waals surface area contributed by atoms with Crippen LogP contribution in [0.2, 0.25) is 0 Å². The molecule has 1 aromatic carbocycles. The zero-order chi connectivity index (χ0) is 13.1. The van der Waals surface area contributed by atoms with Gasteiger partial charge in [0.25, 0.3) is 0 Å². The average Bonchev–Trinajstić information content (AvgIpc) is 2.73. The maximum absolute atomic E-state index is 12.2. The number of hydrogen-bond donors (Lipinski definition) is 0. The summed E-state index contributed by atoms with van der Waals surface area (Å²) in [6, 6.07) is 5.35. The van der Waals surface area contributed by atoms with Gasteiger partial charge in [-0.2, -0.15) is 0 Å².